The Kier molecular flexibility index (Phi) is 45.8. The molecule has 3 saturated carbocycles. The van der Waals surface area contributed by atoms with Gasteiger partial charge in [0.25, 0.3) is 9.24 Å². The molecule has 9 aromatic heterocycles. The number of alkyl halides is 1. The van der Waals surface area contributed by atoms with Crippen LogP contribution in [0.5, 0.6) is 0 Å². The fourth-order valence-corrected chi connectivity index (χ4v) is 50.6. The number of halogens is 3. The van der Waals surface area contributed by atoms with Gasteiger partial charge in [-0.15, -0.1) is 21.7 Å². The molecule has 0 saturated heterocycles. The van der Waals surface area contributed by atoms with Crippen LogP contribution < -0.4 is 33.1 Å². The number of nitrogens with zero attached hydrogens (tertiary/aromatic N) is 19. The van der Waals surface area contributed by atoms with Gasteiger partial charge in [0, 0.05) is 249 Å². The lowest BCUT2D eigenvalue weighted by molar-refractivity contribution is 0.0901. The molecule has 3 aromatic carbocycles. The molecule has 9 heterocycles. The van der Waals surface area contributed by atoms with Gasteiger partial charge in [0.05, 0.1) is 74.2 Å². The van der Waals surface area contributed by atoms with E-state index in [1.807, 2.05) is 119 Å². The van der Waals surface area contributed by atoms with Crippen LogP contribution in [-0.2, 0) is 188 Å². The molecule has 0 radical (unpaired) electrons. The fourth-order valence-electron chi connectivity index (χ4n) is 11.7. The maximum atomic E-state index is 11.0. The van der Waals surface area contributed by atoms with E-state index >= 15 is 0 Å². The van der Waals surface area contributed by atoms with Crippen molar-refractivity contribution in [3.63, 3.8) is 0 Å². The Morgan fingerprint density at radius 1 is 0.583 bits per heavy atom. The van der Waals surface area contributed by atoms with Crippen LogP contribution >= 0.6 is 22.3 Å². The second-order valence-corrected chi connectivity index (χ2v) is 55.7. The number of aliphatic hydroxyl groups excluding tert-OH is 5. The molecule has 35 nitrogen and oxygen atoms in total. The molecule has 0 bridgehead atoms. The normalized spacial score (nSPS) is 17.8. The number of hydrogen-bond donors (Lipinski definition) is 11. The molecule has 58 heteroatoms. The third-order valence-corrected chi connectivity index (χ3v) is 50.6. The lowest BCUT2D eigenvalue weighted by Crippen LogP contribution is -2.24. The number of nitriles is 1. The minimum Gasteiger partial charge on any atom is -0.396 e. The highest BCUT2D eigenvalue weighted by Crippen LogP contribution is 2.39. The molecule has 9 unspecified atom stereocenters. The van der Waals surface area contributed by atoms with Gasteiger partial charge >= 0.3 is 10.3 Å². The third kappa shape index (κ3) is 32.4. The zero-order valence-corrected chi connectivity index (χ0v) is 79.8. The summed E-state index contributed by atoms with van der Waals surface area (Å²) in [6.45, 7) is 2.89. The molecule has 650 valence electrons. The Labute approximate surface area is 754 Å². The number of nitrogens with two attached hydrogens (primary N) is 3. The number of anilines is 2. The van der Waals surface area contributed by atoms with Gasteiger partial charge in [-0.3, -0.25) is 33.5 Å². The number of terminal acetylenes is 1. The summed E-state index contributed by atoms with van der Waals surface area (Å²) in [5, 5.41) is 93.7. The molecule has 12 aromatic rings. The first-order chi connectivity index (χ1) is 57.9. The van der Waals surface area contributed by atoms with Crippen LogP contribution in [0, 0.1) is 53.3 Å². The molecule has 120 heavy (non-hydrogen) atoms. The molecule has 15 rings (SSSR count). The maximum Gasteiger partial charge on any atom is 0.333 e. The van der Waals surface area contributed by atoms with Gasteiger partial charge in [0.1, 0.15) is 19.0 Å². The SMILES string of the molecule is C#CC#CC.CC#N.N.NS(=O)(=O)Cl.NS(=O)(=O)OCC1CC(n2nnc3c(Nn4ccc5ccccc54)ncnc32)CC1O.Nn1ccc2ccccc21.OCC1CC(n2nnc3c(Cl)ncnc32)CC1O.OCC1CC(n2nnc3c(Nn4ccc5ccccc54)ncnc32)CC1O.S=S=S=S=S=S=S=S=S=S=S=S=S=S=S=S=S=S.[2H]CF.[HH]. The summed E-state index contributed by atoms with van der Waals surface area (Å²) in [6.07, 6.45) is 16.0. The van der Waals surface area contributed by atoms with Crippen molar-refractivity contribution in [3.05, 3.63) is 134 Å². The van der Waals surface area contributed by atoms with Crippen LogP contribution in [0.2, 0.25) is 5.15 Å². The lowest BCUT2D eigenvalue weighted by Gasteiger charge is -2.12. The standard InChI is InChI=1S/C18H20N8O4S.C18H19N7O2.C10H12ClN5O2.C8H8N2.C5H4.C2H3N.CH3F.ClH2NO2S.H3N.S18.H2/c19-31(28,29)30-9-12-7-13(8-15(12)27)26-18-16(22-24-26)17(20-10-21-18)23-25-6-5-11-3-1-2-4-14(11)25;26-9-12-7-13(8-15(12)27)25-18-16(21-23-25)17(19-10-20-18)22-24-6-5-11-3-1-2-4-14(11)24;11-9-8-10(13-4-12-9)16(15-14-8)6-1-5(3-17)7(18)2-6;9-10-6-5-7-3-1-2-4-8(7)10;1-3-5-4-2;1-2-3;1-2;1-5(2,3)4;;1-3-5-7-9-11-13-15-17-18-16-14-12-10-8-6-4-2;/h1-6,10,12-13,15,27H,7-9H2,(H2,19,28,29)(H,20,21,23);1-6,10,12-13,15,26-27H,7-9H2,(H,19,20,22);4-7,17-18H,1-3H2;1-6H,9H2;1H,2H3;1H3;1H3;(H2,2,3,4);1H3;;1H/i;;;;;;1D;;;;. The van der Waals surface area contributed by atoms with Crippen molar-refractivity contribution < 1.29 is 53.7 Å². The predicted molar refractivity (Wildman–Crippen MR) is 514 cm³/mol. The Morgan fingerprint density at radius 2 is 0.917 bits per heavy atom. The van der Waals surface area contributed by atoms with E-state index in [1.54, 1.807) is 156 Å². The molecule has 3 aliphatic carbocycles. The van der Waals surface area contributed by atoms with Crippen molar-refractivity contribution in [1.82, 2.24) is 95.1 Å². The van der Waals surface area contributed by atoms with Crippen molar-refractivity contribution in [2.75, 3.05) is 43.7 Å². The quantitative estimate of drug-likeness (QED) is 0.0331. The van der Waals surface area contributed by atoms with Gasteiger partial charge in [-0.05, 0) is 93.7 Å². The highest BCUT2D eigenvalue weighted by atomic mass is 35.7. The Bertz CT molecular complexity index is 6600. The third-order valence-electron chi connectivity index (χ3n) is 16.5. The van der Waals surface area contributed by atoms with Crippen molar-refractivity contribution in [2.24, 2.45) is 28.0 Å². The molecule has 0 amide bonds. The van der Waals surface area contributed by atoms with Crippen LogP contribution in [0.3, 0.4) is 0 Å². The van der Waals surface area contributed by atoms with E-state index in [1.165, 1.54) is 49.1 Å². The first-order valence-corrected chi connectivity index (χ1v) is 60.2. The monoisotopic (exact) mass is 2060 g/mol. The molecular weight excluding hydrogens is 1990 g/mol. The molecule has 3 fully saturated rings. The van der Waals surface area contributed by atoms with Gasteiger partial charge in [0.2, 0.25) is 0 Å². The summed E-state index contributed by atoms with van der Waals surface area (Å²) in [6, 6.07) is 31.5. The molecule has 16 N–H and O–H groups in total. The minimum atomic E-state index is -4.06. The number of aliphatic hydroxyl groups is 5. The van der Waals surface area contributed by atoms with E-state index in [-0.39, 0.29) is 62.5 Å². The average Bonchev–Trinajstić information content (AvgIpc) is 1.63. The van der Waals surface area contributed by atoms with E-state index in [0.717, 1.165) is 27.3 Å². The molecule has 0 spiro atoms. The predicted octanol–water partition coefficient (Wildman–Crippen LogP) is 5.02. The zero-order valence-electron chi connectivity index (χ0n) is 63.0. The van der Waals surface area contributed by atoms with Crippen LogP contribution in [0.25, 0.3) is 66.2 Å². The number of benzene rings is 3. The number of nitrogens with one attached hydrogen (secondary N) is 2. The Hall–Kier alpha value is -6.26. The first-order valence-electron chi connectivity index (χ1n) is 34.0. The second-order valence-electron chi connectivity index (χ2n) is 23.5. The van der Waals surface area contributed by atoms with E-state index in [4.69, 9.17) is 63.1 Å². The fraction of sp³-hybridized carbons (Fsp3) is 0.339. The smallest absolute Gasteiger partial charge is 0.333 e. The van der Waals surface area contributed by atoms with Gasteiger partial charge in [0.15, 0.2) is 50.3 Å². The summed E-state index contributed by atoms with van der Waals surface area (Å²) >= 11 is 15.4. The lowest BCUT2D eigenvalue weighted by atomic mass is 10.1. The largest absolute Gasteiger partial charge is 0.396 e. The van der Waals surface area contributed by atoms with Crippen molar-refractivity contribution >= 4 is 284 Å². The molecule has 0 aliphatic heterocycles. The van der Waals surface area contributed by atoms with Crippen molar-refractivity contribution in [1.29, 1.82) is 5.26 Å². The topological polar surface area (TPSA) is 524 Å². The number of nitrogen functional groups attached to an aromatic ring is 1. The first kappa shape index (κ1) is 101. The van der Waals surface area contributed by atoms with Gasteiger partial charge in [-0.25, -0.2) is 54.2 Å². The highest BCUT2D eigenvalue weighted by Gasteiger charge is 2.38. The number of fused-ring (bicyclic) bond motifs is 6. The van der Waals surface area contributed by atoms with Gasteiger partial charge < -0.3 is 37.5 Å². The van der Waals surface area contributed by atoms with Gasteiger partial charge in [-0.1, -0.05) is 87.8 Å². The van der Waals surface area contributed by atoms with E-state index in [9.17, 15) is 41.7 Å². The average molecular weight is 2060 g/mol. The highest BCUT2D eigenvalue weighted by molar-refractivity contribution is 8.77. The summed E-state index contributed by atoms with van der Waals surface area (Å²) < 4.78 is 71.0. The number of para-hydroxylation sites is 3. The van der Waals surface area contributed by atoms with Gasteiger partial charge in [-0.2, -0.15) is 22.1 Å². The molecule has 3 aliphatic rings. The maximum absolute atomic E-state index is 11.0. The number of hydrogen-bond acceptors (Lipinski definition) is 29. The second kappa shape index (κ2) is 54.5. The van der Waals surface area contributed by atoms with E-state index in [2.05, 4.69) is 109 Å². The number of rotatable bonds is 12. The van der Waals surface area contributed by atoms with E-state index in [0.29, 0.717) is 83.7 Å². The molecule has 9 atom stereocenters. The minimum absolute atomic E-state index is 0. The van der Waals surface area contributed by atoms with Crippen LogP contribution in [-0.4, -0.2) is 177 Å². The van der Waals surface area contributed by atoms with Crippen LogP contribution in [0.15, 0.2) is 129 Å². The zero-order chi connectivity index (χ0) is 87.0. The summed E-state index contributed by atoms with van der Waals surface area (Å²) in [4.78, 5) is 25.3. The van der Waals surface area contributed by atoms with Crippen LogP contribution in [0.1, 0.15) is 73.3 Å². The summed E-state index contributed by atoms with van der Waals surface area (Å²) in [5.41, 5.74) is 12.8. The van der Waals surface area contributed by atoms with Crippen molar-refractivity contribution in [2.45, 2.75) is 88.8 Å². The Balaban J connectivity index is 0.000000266. The van der Waals surface area contributed by atoms with E-state index < -0.39 is 50.9 Å². The summed E-state index contributed by atoms with van der Waals surface area (Å²) in [5.74, 6) is 13.1. The molecular formula is C62H76Cl2FN25O10S20. The Morgan fingerprint density at radius 3 is 1.27 bits per heavy atom. The number of aromatic nitrogens is 18. The van der Waals surface area contributed by atoms with Crippen LogP contribution in [0.4, 0.5) is 16.0 Å². The van der Waals surface area contributed by atoms with Crippen molar-refractivity contribution in [3.8, 4) is 30.3 Å². The summed E-state index contributed by atoms with van der Waals surface area (Å²) in [7, 11) is 22.7.